The Labute approximate surface area is 96.7 Å². The second kappa shape index (κ2) is 5.35. The summed E-state index contributed by atoms with van der Waals surface area (Å²) >= 11 is 0. The van der Waals surface area contributed by atoms with Gasteiger partial charge in [-0.25, -0.2) is 4.68 Å². The minimum Gasteiger partial charge on any atom is -0.381 e. The number of hydrogen-bond donors (Lipinski definition) is 1. The molecular weight excluding hydrogens is 237 g/mol. The molecule has 0 aliphatic heterocycles. The van der Waals surface area contributed by atoms with Crippen LogP contribution < -0.4 is 5.73 Å². The number of alkyl halides is 3. The number of nitrogens with zero attached hydrogens (tertiary/aromatic N) is 3. The average Bonchev–Trinajstić information content (AvgIpc) is 2.53. The molecule has 1 heterocycles. The van der Waals surface area contributed by atoms with Gasteiger partial charge < -0.3 is 10.5 Å². The highest BCUT2D eigenvalue weighted by Crippen LogP contribution is 2.19. The van der Waals surface area contributed by atoms with Gasteiger partial charge in [0.15, 0.2) is 5.82 Å². The fourth-order valence-electron chi connectivity index (χ4n) is 1.43. The van der Waals surface area contributed by atoms with Crippen LogP contribution in [-0.2, 0) is 11.3 Å². The van der Waals surface area contributed by atoms with Gasteiger partial charge in [-0.1, -0.05) is 19.1 Å². The lowest BCUT2D eigenvalue weighted by Gasteiger charge is -2.10. The second-order valence-corrected chi connectivity index (χ2v) is 3.91. The van der Waals surface area contributed by atoms with E-state index in [0.29, 0.717) is 11.5 Å². The molecule has 98 valence electrons. The highest BCUT2D eigenvalue weighted by molar-refractivity contribution is 5.34. The van der Waals surface area contributed by atoms with Gasteiger partial charge in [-0.2, -0.15) is 13.2 Å². The molecular formula is C9H15F3N4O. The van der Waals surface area contributed by atoms with E-state index in [1.807, 2.05) is 13.8 Å². The van der Waals surface area contributed by atoms with Crippen LogP contribution in [0.4, 0.5) is 19.0 Å². The first-order valence-corrected chi connectivity index (χ1v) is 5.14. The summed E-state index contributed by atoms with van der Waals surface area (Å²) in [5.41, 5.74) is 6.31. The van der Waals surface area contributed by atoms with E-state index in [9.17, 15) is 13.2 Å². The van der Waals surface area contributed by atoms with Crippen molar-refractivity contribution < 1.29 is 17.9 Å². The van der Waals surface area contributed by atoms with Crippen molar-refractivity contribution in [3.63, 3.8) is 0 Å². The zero-order valence-corrected chi connectivity index (χ0v) is 9.66. The largest absolute Gasteiger partial charge is 0.411 e. The summed E-state index contributed by atoms with van der Waals surface area (Å²) in [6.07, 6.45) is -4.30. The van der Waals surface area contributed by atoms with Gasteiger partial charge in [0, 0.05) is 0 Å². The van der Waals surface area contributed by atoms with Gasteiger partial charge in [-0.05, 0) is 5.92 Å². The zero-order valence-electron chi connectivity index (χ0n) is 9.66. The van der Waals surface area contributed by atoms with E-state index >= 15 is 0 Å². The Morgan fingerprint density at radius 2 is 2.06 bits per heavy atom. The van der Waals surface area contributed by atoms with Gasteiger partial charge in [0.25, 0.3) is 0 Å². The number of anilines is 1. The Balaban J connectivity index is 2.47. The minimum atomic E-state index is -4.30. The smallest absolute Gasteiger partial charge is 0.381 e. The number of rotatable bonds is 5. The van der Waals surface area contributed by atoms with Gasteiger partial charge in [0.1, 0.15) is 6.61 Å². The molecule has 0 bridgehead atoms. The molecule has 2 N–H and O–H groups in total. The third kappa shape index (κ3) is 4.22. The van der Waals surface area contributed by atoms with E-state index in [2.05, 4.69) is 15.0 Å². The van der Waals surface area contributed by atoms with Crippen LogP contribution in [0.3, 0.4) is 0 Å². The summed E-state index contributed by atoms with van der Waals surface area (Å²) in [4.78, 5) is 0. The van der Waals surface area contributed by atoms with Crippen LogP contribution in [-0.4, -0.2) is 34.4 Å². The molecule has 0 aromatic carbocycles. The molecule has 0 saturated heterocycles. The van der Waals surface area contributed by atoms with E-state index in [1.54, 1.807) is 0 Å². The Morgan fingerprint density at radius 3 is 2.59 bits per heavy atom. The van der Waals surface area contributed by atoms with E-state index in [0.717, 1.165) is 0 Å². The number of hydrogen-bond acceptors (Lipinski definition) is 4. The molecule has 0 fully saturated rings. The standard InChI is InChI=1S/C9H15F3N4O/c1-6(2)7-8(13)14-15-16(7)3-4-17-5-9(10,11)12/h6H,3-5,13H2,1-2H3. The first-order valence-electron chi connectivity index (χ1n) is 5.14. The van der Waals surface area contributed by atoms with Crippen molar-refractivity contribution in [1.29, 1.82) is 0 Å². The first kappa shape index (κ1) is 13.8. The molecule has 0 amide bonds. The molecule has 1 aromatic heterocycles. The zero-order chi connectivity index (χ0) is 13.1. The Morgan fingerprint density at radius 1 is 1.41 bits per heavy atom. The maximum atomic E-state index is 11.8. The first-order chi connectivity index (χ1) is 7.81. The van der Waals surface area contributed by atoms with Crippen molar-refractivity contribution in [1.82, 2.24) is 15.0 Å². The number of nitrogen functional groups attached to an aromatic ring is 1. The van der Waals surface area contributed by atoms with Crippen LogP contribution in [0.25, 0.3) is 0 Å². The van der Waals surface area contributed by atoms with Crippen molar-refractivity contribution in [2.24, 2.45) is 0 Å². The van der Waals surface area contributed by atoms with E-state index in [4.69, 9.17) is 5.73 Å². The van der Waals surface area contributed by atoms with Crippen LogP contribution in [0.15, 0.2) is 0 Å². The van der Waals surface area contributed by atoms with Crippen LogP contribution in [0.2, 0.25) is 0 Å². The SMILES string of the molecule is CC(C)c1c(N)nnn1CCOCC(F)(F)F. The summed E-state index contributed by atoms with van der Waals surface area (Å²) < 4.78 is 41.4. The molecule has 0 radical (unpaired) electrons. The van der Waals surface area contributed by atoms with Crippen LogP contribution in [0.5, 0.6) is 0 Å². The molecule has 1 rings (SSSR count). The summed E-state index contributed by atoms with van der Waals surface area (Å²) in [6, 6.07) is 0. The second-order valence-electron chi connectivity index (χ2n) is 3.91. The van der Waals surface area contributed by atoms with Crippen LogP contribution in [0, 0.1) is 0 Å². The molecule has 0 aliphatic rings. The van der Waals surface area contributed by atoms with Gasteiger partial charge in [0.2, 0.25) is 0 Å². The Bertz CT molecular complexity index is 362. The summed E-state index contributed by atoms with van der Waals surface area (Å²) in [6.45, 7) is 2.67. The molecule has 0 aliphatic carbocycles. The van der Waals surface area contributed by atoms with Crippen molar-refractivity contribution in [3.8, 4) is 0 Å². The Kier molecular flexibility index (Phi) is 4.33. The van der Waals surface area contributed by atoms with Crippen molar-refractivity contribution >= 4 is 5.82 Å². The van der Waals surface area contributed by atoms with Gasteiger partial charge >= 0.3 is 6.18 Å². The lowest BCUT2D eigenvalue weighted by Crippen LogP contribution is -2.20. The minimum absolute atomic E-state index is 0.0813. The molecule has 0 spiro atoms. The fraction of sp³-hybridized carbons (Fsp3) is 0.778. The summed E-state index contributed by atoms with van der Waals surface area (Å²) in [5, 5.41) is 7.43. The molecule has 17 heavy (non-hydrogen) atoms. The fourth-order valence-corrected chi connectivity index (χ4v) is 1.43. The maximum absolute atomic E-state index is 11.8. The Hall–Kier alpha value is -1.31. The normalized spacial score (nSPS) is 12.4. The van der Waals surface area contributed by atoms with Gasteiger partial charge in [-0.15, -0.1) is 5.10 Å². The molecule has 0 atom stereocenters. The third-order valence-corrected chi connectivity index (χ3v) is 2.06. The predicted molar refractivity (Wildman–Crippen MR) is 55.4 cm³/mol. The van der Waals surface area contributed by atoms with Gasteiger partial charge in [0.05, 0.1) is 18.8 Å². The molecule has 0 saturated carbocycles. The summed E-state index contributed by atoms with van der Waals surface area (Å²) in [5.74, 6) is 0.406. The maximum Gasteiger partial charge on any atom is 0.411 e. The van der Waals surface area contributed by atoms with E-state index in [1.165, 1.54) is 4.68 Å². The lowest BCUT2D eigenvalue weighted by atomic mass is 10.1. The summed E-state index contributed by atoms with van der Waals surface area (Å²) in [7, 11) is 0. The highest BCUT2D eigenvalue weighted by Gasteiger charge is 2.27. The monoisotopic (exact) mass is 252 g/mol. The number of halogens is 3. The van der Waals surface area contributed by atoms with E-state index < -0.39 is 12.8 Å². The number of nitrogens with two attached hydrogens (primary N) is 1. The van der Waals surface area contributed by atoms with Crippen molar-refractivity contribution in [3.05, 3.63) is 5.69 Å². The van der Waals surface area contributed by atoms with Crippen molar-refractivity contribution in [2.75, 3.05) is 18.9 Å². The molecule has 1 aromatic rings. The molecule has 8 heteroatoms. The van der Waals surface area contributed by atoms with Crippen LogP contribution >= 0.6 is 0 Å². The molecule has 0 unspecified atom stereocenters. The third-order valence-electron chi connectivity index (χ3n) is 2.06. The van der Waals surface area contributed by atoms with Gasteiger partial charge in [-0.3, -0.25) is 0 Å². The average molecular weight is 252 g/mol. The topological polar surface area (TPSA) is 66.0 Å². The van der Waals surface area contributed by atoms with Crippen molar-refractivity contribution in [2.45, 2.75) is 32.5 Å². The number of ether oxygens (including phenoxy) is 1. The number of aromatic nitrogens is 3. The van der Waals surface area contributed by atoms with Crippen LogP contribution in [0.1, 0.15) is 25.5 Å². The quantitative estimate of drug-likeness (QED) is 0.808. The highest BCUT2D eigenvalue weighted by atomic mass is 19.4. The van der Waals surface area contributed by atoms with E-state index in [-0.39, 0.29) is 19.1 Å². The lowest BCUT2D eigenvalue weighted by molar-refractivity contribution is -0.174. The molecule has 5 nitrogen and oxygen atoms in total. The predicted octanol–water partition coefficient (Wildman–Crippen LogP) is 1.56.